The molecule has 1 aliphatic rings. The van der Waals surface area contributed by atoms with Crippen LogP contribution >= 0.6 is 23.2 Å². The molecule has 1 aromatic heterocycles. The number of hydrogen-bond acceptors (Lipinski definition) is 5. The molecule has 0 spiro atoms. The number of piperidine rings is 1. The largest absolute Gasteiger partial charge is 0.338 e. The molecule has 1 saturated heterocycles. The molecule has 8 heteroatoms. The van der Waals surface area contributed by atoms with Crippen LogP contribution in [0.15, 0.2) is 47.0 Å². The van der Waals surface area contributed by atoms with Crippen LogP contribution in [0.25, 0.3) is 11.4 Å². The maximum atomic E-state index is 12.8. The molecule has 3 aromatic rings. The fourth-order valence-electron chi connectivity index (χ4n) is 3.68. The highest BCUT2D eigenvalue weighted by Crippen LogP contribution is 2.26. The minimum atomic E-state index is -0.0974. The minimum Gasteiger partial charge on any atom is -0.338 e. The molecular formula is C22H22Cl2N4O2. The quantitative estimate of drug-likeness (QED) is 0.585. The average molecular weight is 445 g/mol. The van der Waals surface area contributed by atoms with Crippen LogP contribution in [0.1, 0.15) is 24.3 Å². The number of halogens is 2. The van der Waals surface area contributed by atoms with Crippen LogP contribution in [-0.4, -0.2) is 34.0 Å². The van der Waals surface area contributed by atoms with Crippen molar-refractivity contribution in [1.82, 2.24) is 15.0 Å². The van der Waals surface area contributed by atoms with E-state index in [1.807, 2.05) is 37.3 Å². The van der Waals surface area contributed by atoms with Gasteiger partial charge in [0.15, 0.2) is 0 Å². The summed E-state index contributed by atoms with van der Waals surface area (Å²) in [6.07, 6.45) is 1.78. The highest BCUT2D eigenvalue weighted by atomic mass is 35.5. The lowest BCUT2D eigenvalue weighted by Crippen LogP contribution is -2.40. The Morgan fingerprint density at radius 2 is 2.10 bits per heavy atom. The molecule has 2 heterocycles. The molecule has 1 aliphatic heterocycles. The Hall–Kier alpha value is -2.41. The van der Waals surface area contributed by atoms with Crippen molar-refractivity contribution in [2.45, 2.75) is 26.3 Å². The molecule has 30 heavy (non-hydrogen) atoms. The molecule has 0 saturated carbocycles. The molecule has 4 rings (SSSR count). The van der Waals surface area contributed by atoms with Crippen molar-refractivity contribution in [3.8, 4) is 11.4 Å². The number of benzene rings is 2. The summed E-state index contributed by atoms with van der Waals surface area (Å²) in [5, 5.41) is 8.32. The number of aromatic nitrogens is 2. The molecule has 0 bridgehead atoms. The molecule has 1 N–H and O–H groups in total. The summed E-state index contributed by atoms with van der Waals surface area (Å²) in [5.74, 6) is 0.909. The first kappa shape index (κ1) is 20.8. The fraction of sp³-hybridized carbons (Fsp3) is 0.318. The summed E-state index contributed by atoms with van der Waals surface area (Å²) in [4.78, 5) is 19.4. The van der Waals surface area contributed by atoms with E-state index in [9.17, 15) is 4.79 Å². The standard InChI is InChI=1S/C22H22Cl2N4O2/c1-14-11-16(23)8-9-19(14)25-22(29)15-5-4-10-28(12-15)13-20-26-21(27-30-20)17-6-2-3-7-18(17)24/h2-3,6-9,11,15H,4-5,10,12-13H2,1H3,(H,25,29). The predicted molar refractivity (Wildman–Crippen MR) is 118 cm³/mol. The molecule has 2 aromatic carbocycles. The number of aryl methyl sites for hydroxylation is 1. The normalized spacial score (nSPS) is 17.1. The van der Waals surface area contributed by atoms with Gasteiger partial charge < -0.3 is 9.84 Å². The SMILES string of the molecule is Cc1cc(Cl)ccc1NC(=O)C1CCCN(Cc2nc(-c3ccccc3Cl)no2)C1. The zero-order valence-corrected chi connectivity index (χ0v) is 18.1. The number of nitrogens with zero attached hydrogens (tertiary/aromatic N) is 3. The van der Waals surface area contributed by atoms with Gasteiger partial charge in [0.2, 0.25) is 17.6 Å². The van der Waals surface area contributed by atoms with Gasteiger partial charge in [0.05, 0.1) is 17.5 Å². The van der Waals surface area contributed by atoms with Crippen LogP contribution in [0.3, 0.4) is 0 Å². The summed E-state index contributed by atoms with van der Waals surface area (Å²) in [6.45, 7) is 3.96. The van der Waals surface area contributed by atoms with Gasteiger partial charge in [-0.25, -0.2) is 0 Å². The first-order valence-electron chi connectivity index (χ1n) is 9.86. The van der Waals surface area contributed by atoms with Crippen LogP contribution in [0.4, 0.5) is 5.69 Å². The number of amides is 1. The van der Waals surface area contributed by atoms with Gasteiger partial charge in [0.25, 0.3) is 0 Å². The number of carbonyl (C=O) groups is 1. The molecule has 0 radical (unpaired) electrons. The lowest BCUT2D eigenvalue weighted by atomic mass is 9.97. The summed E-state index contributed by atoms with van der Waals surface area (Å²) in [6, 6.07) is 12.9. The monoisotopic (exact) mass is 444 g/mol. The van der Waals surface area contributed by atoms with Crippen molar-refractivity contribution < 1.29 is 9.32 Å². The van der Waals surface area contributed by atoms with Gasteiger partial charge in [-0.1, -0.05) is 40.5 Å². The number of anilines is 1. The third-order valence-electron chi connectivity index (χ3n) is 5.26. The molecule has 1 atom stereocenters. The van der Waals surface area contributed by atoms with Gasteiger partial charge in [-0.2, -0.15) is 4.98 Å². The van der Waals surface area contributed by atoms with Gasteiger partial charge in [-0.15, -0.1) is 0 Å². The maximum absolute atomic E-state index is 12.8. The minimum absolute atomic E-state index is 0.0207. The predicted octanol–water partition coefficient (Wildman–Crippen LogP) is 5.20. The molecule has 156 valence electrons. The second kappa shape index (κ2) is 9.16. The zero-order chi connectivity index (χ0) is 21.1. The highest BCUT2D eigenvalue weighted by molar-refractivity contribution is 6.33. The topological polar surface area (TPSA) is 71.3 Å². The van der Waals surface area contributed by atoms with E-state index in [0.717, 1.165) is 36.2 Å². The lowest BCUT2D eigenvalue weighted by Gasteiger charge is -2.31. The number of carbonyl (C=O) groups excluding carboxylic acids is 1. The van der Waals surface area contributed by atoms with Crippen molar-refractivity contribution in [2.24, 2.45) is 5.92 Å². The van der Waals surface area contributed by atoms with Crippen molar-refractivity contribution in [1.29, 1.82) is 0 Å². The third-order valence-corrected chi connectivity index (χ3v) is 5.83. The van der Waals surface area contributed by atoms with E-state index in [1.165, 1.54) is 0 Å². The van der Waals surface area contributed by atoms with Crippen LogP contribution < -0.4 is 5.32 Å². The summed E-state index contributed by atoms with van der Waals surface area (Å²) in [5.41, 5.74) is 2.48. The van der Waals surface area contributed by atoms with E-state index in [-0.39, 0.29) is 11.8 Å². The zero-order valence-electron chi connectivity index (χ0n) is 16.6. The Balaban J connectivity index is 1.38. The Kier molecular flexibility index (Phi) is 6.37. The maximum Gasteiger partial charge on any atom is 0.241 e. The van der Waals surface area contributed by atoms with Gasteiger partial charge in [-0.3, -0.25) is 9.69 Å². The Morgan fingerprint density at radius 3 is 2.90 bits per heavy atom. The number of rotatable bonds is 5. The molecule has 6 nitrogen and oxygen atoms in total. The van der Waals surface area contributed by atoms with E-state index < -0.39 is 0 Å². The summed E-state index contributed by atoms with van der Waals surface area (Å²) >= 11 is 12.2. The van der Waals surface area contributed by atoms with Gasteiger partial charge in [0, 0.05) is 22.8 Å². The second-order valence-electron chi connectivity index (χ2n) is 7.51. The highest BCUT2D eigenvalue weighted by Gasteiger charge is 2.27. The van der Waals surface area contributed by atoms with Crippen molar-refractivity contribution in [3.63, 3.8) is 0 Å². The molecule has 0 aliphatic carbocycles. The summed E-state index contributed by atoms with van der Waals surface area (Å²) in [7, 11) is 0. The Morgan fingerprint density at radius 1 is 1.27 bits per heavy atom. The van der Waals surface area contributed by atoms with Gasteiger partial charge >= 0.3 is 0 Å². The van der Waals surface area contributed by atoms with Crippen LogP contribution in [0.2, 0.25) is 10.0 Å². The molecule has 1 amide bonds. The number of nitrogens with one attached hydrogen (secondary N) is 1. The van der Waals surface area contributed by atoms with Crippen molar-refractivity contribution in [3.05, 3.63) is 64.0 Å². The smallest absolute Gasteiger partial charge is 0.241 e. The number of hydrogen-bond donors (Lipinski definition) is 1. The van der Waals surface area contributed by atoms with Crippen molar-refractivity contribution in [2.75, 3.05) is 18.4 Å². The molecular weight excluding hydrogens is 423 g/mol. The van der Waals surface area contributed by atoms with E-state index >= 15 is 0 Å². The van der Waals surface area contributed by atoms with E-state index in [0.29, 0.717) is 34.8 Å². The van der Waals surface area contributed by atoms with Crippen LogP contribution in [0, 0.1) is 12.8 Å². The average Bonchev–Trinajstić information content (AvgIpc) is 3.19. The summed E-state index contributed by atoms with van der Waals surface area (Å²) < 4.78 is 5.42. The van der Waals surface area contributed by atoms with Crippen LogP contribution in [0.5, 0.6) is 0 Å². The van der Waals surface area contributed by atoms with Crippen molar-refractivity contribution >= 4 is 34.8 Å². The number of likely N-dealkylation sites (tertiary alicyclic amines) is 1. The van der Waals surface area contributed by atoms with Gasteiger partial charge in [0.1, 0.15) is 0 Å². The van der Waals surface area contributed by atoms with Crippen LogP contribution in [-0.2, 0) is 11.3 Å². The molecule has 1 fully saturated rings. The lowest BCUT2D eigenvalue weighted by molar-refractivity contribution is -0.121. The Bertz CT molecular complexity index is 1050. The van der Waals surface area contributed by atoms with E-state index in [2.05, 4.69) is 20.4 Å². The first-order chi connectivity index (χ1) is 14.5. The first-order valence-corrected chi connectivity index (χ1v) is 10.6. The Labute approximate surface area is 185 Å². The van der Waals surface area contributed by atoms with E-state index in [1.54, 1.807) is 12.1 Å². The second-order valence-corrected chi connectivity index (χ2v) is 8.36. The fourth-order valence-corrected chi connectivity index (χ4v) is 4.12. The van der Waals surface area contributed by atoms with E-state index in [4.69, 9.17) is 27.7 Å². The van der Waals surface area contributed by atoms with Gasteiger partial charge in [-0.05, 0) is 62.2 Å². The third kappa shape index (κ3) is 4.83. The molecule has 1 unspecified atom stereocenters.